The molecule has 5 heteroatoms. The number of hydrogen-bond donors (Lipinski definition) is 0. The Hall–Kier alpha value is -4.51. The number of aromatic nitrogens is 3. The molecule has 0 bridgehead atoms. The minimum Gasteiger partial charge on any atom is -0.423 e. The lowest BCUT2D eigenvalue weighted by Crippen LogP contribution is -2.09. The van der Waals surface area contributed by atoms with E-state index in [9.17, 15) is 4.79 Å². The molecule has 0 unspecified atom stereocenters. The van der Waals surface area contributed by atoms with Crippen molar-refractivity contribution in [2.45, 2.75) is 0 Å². The van der Waals surface area contributed by atoms with E-state index in [1.54, 1.807) is 35.4 Å². The number of esters is 1. The van der Waals surface area contributed by atoms with Crippen molar-refractivity contribution in [2.24, 2.45) is 0 Å². The van der Waals surface area contributed by atoms with Gasteiger partial charge in [0.05, 0.1) is 5.69 Å². The fourth-order valence-corrected chi connectivity index (χ4v) is 3.47. The van der Waals surface area contributed by atoms with Gasteiger partial charge in [-0.2, -0.15) is 5.10 Å². The molecule has 0 spiro atoms. The molecule has 0 N–H and O–H groups in total. The van der Waals surface area contributed by atoms with Crippen LogP contribution >= 0.6 is 0 Å². The van der Waals surface area contributed by atoms with Crippen LogP contribution in [-0.4, -0.2) is 20.7 Å². The summed E-state index contributed by atoms with van der Waals surface area (Å²) in [7, 11) is 0. The molecule has 0 aliphatic rings. The zero-order valence-electron chi connectivity index (χ0n) is 17.1. The minimum atomic E-state index is -0.466. The Kier molecular flexibility index (Phi) is 5.29. The van der Waals surface area contributed by atoms with Gasteiger partial charge in [0, 0.05) is 24.2 Å². The van der Waals surface area contributed by atoms with E-state index in [0.717, 1.165) is 22.4 Å². The summed E-state index contributed by atoms with van der Waals surface area (Å²) >= 11 is 0. The summed E-state index contributed by atoms with van der Waals surface area (Å²) in [6, 6.07) is 30.8. The molecule has 0 atom stereocenters. The molecule has 0 aliphatic heterocycles. The molecule has 5 aromatic rings. The summed E-state index contributed by atoms with van der Waals surface area (Å²) in [5, 5.41) is 4.66. The van der Waals surface area contributed by atoms with Gasteiger partial charge in [-0.1, -0.05) is 60.7 Å². The predicted molar refractivity (Wildman–Crippen MR) is 124 cm³/mol. The van der Waals surface area contributed by atoms with Crippen molar-refractivity contribution in [3.63, 3.8) is 0 Å². The lowest BCUT2D eigenvalue weighted by Gasteiger charge is -2.06. The Labute approximate surface area is 185 Å². The summed E-state index contributed by atoms with van der Waals surface area (Å²) in [5.74, 6) is 0.00859. The van der Waals surface area contributed by atoms with Crippen molar-refractivity contribution in [1.82, 2.24) is 14.8 Å². The van der Waals surface area contributed by atoms with Gasteiger partial charge in [0.1, 0.15) is 17.0 Å². The largest absolute Gasteiger partial charge is 0.423 e. The van der Waals surface area contributed by atoms with Crippen molar-refractivity contribution in [3.05, 3.63) is 121 Å². The van der Waals surface area contributed by atoms with Crippen LogP contribution in [0.1, 0.15) is 10.4 Å². The summed E-state index contributed by atoms with van der Waals surface area (Å²) in [6.07, 6.45) is 5.05. The molecular formula is C27H19N3O2. The normalized spacial score (nSPS) is 10.6. The third-order valence-electron chi connectivity index (χ3n) is 5.08. The minimum absolute atomic E-state index is 0.382. The highest BCUT2D eigenvalue weighted by Gasteiger charge is 2.20. The van der Waals surface area contributed by atoms with E-state index in [0.29, 0.717) is 17.0 Å². The molecule has 2 aromatic heterocycles. The second-order valence-corrected chi connectivity index (χ2v) is 7.19. The molecule has 5 nitrogen and oxygen atoms in total. The van der Waals surface area contributed by atoms with Crippen LogP contribution < -0.4 is 4.74 Å². The van der Waals surface area contributed by atoms with Crippen LogP contribution in [0.25, 0.3) is 28.1 Å². The number of rotatable bonds is 5. The summed E-state index contributed by atoms with van der Waals surface area (Å²) in [5.41, 5.74) is 4.73. The number of carbonyl (C=O) groups excluding carboxylic acids is 1. The van der Waals surface area contributed by atoms with Crippen LogP contribution in [0.15, 0.2) is 116 Å². The summed E-state index contributed by atoms with van der Waals surface area (Å²) in [6.45, 7) is 0. The smallest absolute Gasteiger partial charge is 0.347 e. The molecule has 0 amide bonds. The number of benzene rings is 3. The van der Waals surface area contributed by atoms with Crippen LogP contribution in [0.5, 0.6) is 5.75 Å². The number of para-hydroxylation sites is 1. The molecule has 3 aromatic carbocycles. The highest BCUT2D eigenvalue weighted by atomic mass is 16.5. The molecule has 0 fully saturated rings. The second-order valence-electron chi connectivity index (χ2n) is 7.19. The molecule has 5 rings (SSSR count). The zero-order chi connectivity index (χ0) is 21.8. The predicted octanol–water partition coefficient (Wildman–Crippen LogP) is 5.82. The zero-order valence-corrected chi connectivity index (χ0v) is 17.1. The number of nitrogens with zero attached hydrogens (tertiary/aromatic N) is 3. The van der Waals surface area contributed by atoms with Crippen LogP contribution in [0.3, 0.4) is 0 Å². The van der Waals surface area contributed by atoms with Gasteiger partial charge in [0.25, 0.3) is 0 Å². The number of hydrogen-bond acceptors (Lipinski definition) is 4. The van der Waals surface area contributed by atoms with Crippen molar-refractivity contribution < 1.29 is 9.53 Å². The molecule has 0 saturated carbocycles. The SMILES string of the molecule is O=C(Oc1ccc(-c2ccccc2)cc1)c1cn(-c2ccccc2)nc1-c1ccncc1. The van der Waals surface area contributed by atoms with E-state index in [1.165, 1.54) is 0 Å². The Morgan fingerprint density at radius 2 is 1.31 bits per heavy atom. The van der Waals surface area contributed by atoms with Crippen molar-refractivity contribution in [2.75, 3.05) is 0 Å². The maximum absolute atomic E-state index is 13.1. The Bertz CT molecular complexity index is 1330. The molecule has 0 aliphatic carbocycles. The lowest BCUT2D eigenvalue weighted by molar-refractivity contribution is 0.0735. The fraction of sp³-hybridized carbons (Fsp3) is 0. The van der Waals surface area contributed by atoms with Gasteiger partial charge in [0.2, 0.25) is 0 Å². The van der Waals surface area contributed by atoms with Crippen molar-refractivity contribution in [3.8, 4) is 33.8 Å². The van der Waals surface area contributed by atoms with Gasteiger partial charge in [-0.25, -0.2) is 9.48 Å². The van der Waals surface area contributed by atoms with E-state index in [1.807, 2.05) is 84.9 Å². The third-order valence-corrected chi connectivity index (χ3v) is 5.08. The summed E-state index contributed by atoms with van der Waals surface area (Å²) < 4.78 is 7.38. The molecule has 0 saturated heterocycles. The standard InChI is InChI=1S/C27H19N3O2/c31-27(32-24-13-11-21(12-14-24)20-7-3-1-4-8-20)25-19-30(23-9-5-2-6-10-23)29-26(25)22-15-17-28-18-16-22/h1-19H. The number of pyridine rings is 1. The first-order valence-corrected chi connectivity index (χ1v) is 10.2. The number of ether oxygens (including phenoxy) is 1. The summed E-state index contributed by atoms with van der Waals surface area (Å²) in [4.78, 5) is 17.2. The first-order chi connectivity index (χ1) is 15.8. The fourth-order valence-electron chi connectivity index (χ4n) is 3.47. The van der Waals surface area contributed by atoms with Crippen molar-refractivity contribution in [1.29, 1.82) is 0 Å². The van der Waals surface area contributed by atoms with Gasteiger partial charge < -0.3 is 4.74 Å². The van der Waals surface area contributed by atoms with Gasteiger partial charge in [-0.3, -0.25) is 4.98 Å². The quantitative estimate of drug-likeness (QED) is 0.267. The molecule has 0 radical (unpaired) electrons. The van der Waals surface area contributed by atoms with Crippen LogP contribution in [0.2, 0.25) is 0 Å². The molecule has 32 heavy (non-hydrogen) atoms. The van der Waals surface area contributed by atoms with Crippen LogP contribution in [0.4, 0.5) is 0 Å². The van der Waals surface area contributed by atoms with E-state index >= 15 is 0 Å². The first-order valence-electron chi connectivity index (χ1n) is 10.2. The van der Waals surface area contributed by atoms with Gasteiger partial charge >= 0.3 is 5.97 Å². The first kappa shape index (κ1) is 19.5. The van der Waals surface area contributed by atoms with Crippen LogP contribution in [-0.2, 0) is 0 Å². The van der Waals surface area contributed by atoms with E-state index in [-0.39, 0.29) is 0 Å². The molecular weight excluding hydrogens is 398 g/mol. The highest BCUT2D eigenvalue weighted by Crippen LogP contribution is 2.26. The third kappa shape index (κ3) is 4.04. The Balaban J connectivity index is 1.46. The molecule has 2 heterocycles. The average Bonchev–Trinajstić information content (AvgIpc) is 3.32. The topological polar surface area (TPSA) is 57.0 Å². The maximum atomic E-state index is 13.1. The van der Waals surface area contributed by atoms with E-state index in [2.05, 4.69) is 10.1 Å². The van der Waals surface area contributed by atoms with Crippen molar-refractivity contribution >= 4 is 5.97 Å². The maximum Gasteiger partial charge on any atom is 0.347 e. The lowest BCUT2D eigenvalue weighted by atomic mass is 10.1. The Morgan fingerprint density at radius 1 is 0.688 bits per heavy atom. The Morgan fingerprint density at radius 3 is 2.00 bits per heavy atom. The average molecular weight is 417 g/mol. The van der Waals surface area contributed by atoms with Crippen LogP contribution in [0, 0.1) is 0 Å². The second kappa shape index (κ2) is 8.70. The number of carbonyl (C=O) groups is 1. The van der Waals surface area contributed by atoms with E-state index < -0.39 is 5.97 Å². The molecule has 154 valence electrons. The van der Waals surface area contributed by atoms with Gasteiger partial charge in [-0.05, 0) is 47.5 Å². The monoisotopic (exact) mass is 417 g/mol. The highest BCUT2D eigenvalue weighted by molar-refractivity contribution is 5.97. The van der Waals surface area contributed by atoms with Gasteiger partial charge in [-0.15, -0.1) is 0 Å². The van der Waals surface area contributed by atoms with E-state index in [4.69, 9.17) is 4.74 Å². The van der Waals surface area contributed by atoms with Gasteiger partial charge in [0.15, 0.2) is 0 Å².